The molecule has 1 atom stereocenters. The molecule has 15 heavy (non-hydrogen) atoms. The van der Waals surface area contributed by atoms with E-state index in [0.29, 0.717) is 6.54 Å². The average molecular weight is 228 g/mol. The third kappa shape index (κ3) is 3.57. The molecule has 0 aliphatic carbocycles. The van der Waals surface area contributed by atoms with E-state index in [2.05, 4.69) is 25.2 Å². The van der Waals surface area contributed by atoms with Crippen LogP contribution in [0.25, 0.3) is 0 Å². The lowest BCUT2D eigenvalue weighted by molar-refractivity contribution is 0.283. The summed E-state index contributed by atoms with van der Waals surface area (Å²) in [6, 6.07) is 2.42. The first-order valence-corrected chi connectivity index (χ1v) is 6.12. The Morgan fingerprint density at radius 1 is 1.53 bits per heavy atom. The molecule has 4 heteroatoms. The number of hydrogen-bond donors (Lipinski definition) is 3. The van der Waals surface area contributed by atoms with Gasteiger partial charge in [0.05, 0.1) is 0 Å². The number of nitrogens with two attached hydrogens (primary N) is 1. The van der Waals surface area contributed by atoms with E-state index in [0.717, 1.165) is 13.0 Å². The van der Waals surface area contributed by atoms with E-state index in [1.54, 1.807) is 0 Å². The van der Waals surface area contributed by atoms with Gasteiger partial charge in [0, 0.05) is 28.9 Å². The van der Waals surface area contributed by atoms with Gasteiger partial charge in [0.15, 0.2) is 0 Å². The second-order valence-corrected chi connectivity index (χ2v) is 5.15. The van der Waals surface area contributed by atoms with Gasteiger partial charge in [-0.3, -0.25) is 0 Å². The van der Waals surface area contributed by atoms with Gasteiger partial charge in [-0.25, -0.2) is 0 Å². The largest absolute Gasteiger partial charge is 0.396 e. The Balaban J connectivity index is 2.61. The molecule has 1 rings (SSSR count). The van der Waals surface area contributed by atoms with Crippen molar-refractivity contribution >= 4 is 11.3 Å². The number of hydrogen-bond acceptors (Lipinski definition) is 4. The van der Waals surface area contributed by atoms with Crippen LogP contribution in [0.1, 0.15) is 27.8 Å². The highest BCUT2D eigenvalue weighted by atomic mass is 32.1. The maximum atomic E-state index is 8.71. The molecule has 86 valence electrons. The minimum Gasteiger partial charge on any atom is -0.396 e. The first kappa shape index (κ1) is 12.6. The lowest BCUT2D eigenvalue weighted by Gasteiger charge is -2.16. The van der Waals surface area contributed by atoms with Crippen LogP contribution in [0.5, 0.6) is 0 Å². The Morgan fingerprint density at radius 2 is 2.27 bits per heavy atom. The van der Waals surface area contributed by atoms with Gasteiger partial charge in [-0.2, -0.15) is 0 Å². The monoisotopic (exact) mass is 228 g/mol. The highest BCUT2D eigenvalue weighted by molar-refractivity contribution is 7.12. The summed E-state index contributed by atoms with van der Waals surface area (Å²) in [5, 5.41) is 12.1. The lowest BCUT2D eigenvalue weighted by atomic mass is 10.1. The zero-order chi connectivity index (χ0) is 11.3. The first-order chi connectivity index (χ1) is 7.19. The number of aliphatic hydroxyl groups excluding tert-OH is 1. The zero-order valence-corrected chi connectivity index (χ0v) is 10.2. The molecule has 0 radical (unpaired) electrons. The fraction of sp³-hybridized carbons (Fsp3) is 0.636. The molecule has 1 unspecified atom stereocenters. The van der Waals surface area contributed by atoms with Gasteiger partial charge in [0.25, 0.3) is 0 Å². The first-order valence-electron chi connectivity index (χ1n) is 5.30. The number of aryl methyl sites for hydroxylation is 2. The third-order valence-corrected chi connectivity index (χ3v) is 3.40. The quantitative estimate of drug-likeness (QED) is 0.644. The number of aliphatic hydroxyl groups is 1. The summed E-state index contributed by atoms with van der Waals surface area (Å²) in [4.78, 5) is 2.66. The maximum absolute atomic E-state index is 8.71. The number of thiophene rings is 1. The molecule has 0 bridgehead atoms. The fourth-order valence-corrected chi connectivity index (χ4v) is 2.66. The zero-order valence-electron chi connectivity index (χ0n) is 9.42. The molecule has 0 saturated carbocycles. The predicted octanol–water partition coefficient (Wildman–Crippen LogP) is 1.34. The smallest absolute Gasteiger partial charge is 0.0455 e. The van der Waals surface area contributed by atoms with Gasteiger partial charge < -0.3 is 16.2 Å². The molecule has 0 amide bonds. The van der Waals surface area contributed by atoms with Gasteiger partial charge in [-0.05, 0) is 38.4 Å². The molecular formula is C11H20N2OS. The minimum atomic E-state index is 0.224. The van der Waals surface area contributed by atoms with Gasteiger partial charge in [-0.1, -0.05) is 0 Å². The second kappa shape index (κ2) is 6.23. The van der Waals surface area contributed by atoms with E-state index in [1.807, 2.05) is 11.3 Å². The summed E-state index contributed by atoms with van der Waals surface area (Å²) >= 11 is 1.81. The molecule has 0 aliphatic heterocycles. The molecule has 4 N–H and O–H groups in total. The van der Waals surface area contributed by atoms with Crippen molar-refractivity contribution in [2.45, 2.75) is 26.3 Å². The Morgan fingerprint density at radius 3 is 2.73 bits per heavy atom. The van der Waals surface area contributed by atoms with Crippen LogP contribution >= 0.6 is 11.3 Å². The predicted molar refractivity (Wildman–Crippen MR) is 65.3 cm³/mol. The fourth-order valence-electron chi connectivity index (χ4n) is 1.67. The van der Waals surface area contributed by atoms with E-state index in [9.17, 15) is 0 Å². The highest BCUT2D eigenvalue weighted by Gasteiger charge is 2.13. The van der Waals surface area contributed by atoms with Crippen molar-refractivity contribution in [2.24, 2.45) is 5.73 Å². The Hall–Kier alpha value is -0.420. The molecule has 1 aromatic heterocycles. The molecule has 3 nitrogen and oxygen atoms in total. The van der Waals surface area contributed by atoms with Crippen LogP contribution in [0.4, 0.5) is 0 Å². The summed E-state index contributed by atoms with van der Waals surface area (Å²) in [5.41, 5.74) is 7.05. The van der Waals surface area contributed by atoms with E-state index >= 15 is 0 Å². The summed E-state index contributed by atoms with van der Waals surface area (Å²) in [6.07, 6.45) is 0.776. The van der Waals surface area contributed by atoms with Crippen molar-refractivity contribution < 1.29 is 5.11 Å². The summed E-state index contributed by atoms with van der Waals surface area (Å²) in [6.45, 7) is 5.88. The van der Waals surface area contributed by atoms with Crippen molar-refractivity contribution in [3.05, 3.63) is 21.4 Å². The van der Waals surface area contributed by atoms with Crippen molar-refractivity contribution in [1.29, 1.82) is 0 Å². The van der Waals surface area contributed by atoms with Crippen LogP contribution < -0.4 is 11.1 Å². The van der Waals surface area contributed by atoms with E-state index in [-0.39, 0.29) is 12.6 Å². The normalized spacial score (nSPS) is 13.1. The van der Waals surface area contributed by atoms with E-state index < -0.39 is 0 Å². The lowest BCUT2D eigenvalue weighted by Crippen LogP contribution is -2.29. The van der Waals surface area contributed by atoms with Crippen LogP contribution in [-0.2, 0) is 0 Å². The van der Waals surface area contributed by atoms with Crippen LogP contribution in [-0.4, -0.2) is 24.8 Å². The van der Waals surface area contributed by atoms with Gasteiger partial charge in [0.2, 0.25) is 0 Å². The topological polar surface area (TPSA) is 58.3 Å². The summed E-state index contributed by atoms with van der Waals surface area (Å²) in [5.74, 6) is 0. The maximum Gasteiger partial charge on any atom is 0.0455 e. The Kier molecular flexibility index (Phi) is 5.25. The number of nitrogens with one attached hydrogen (secondary N) is 1. The molecule has 0 aromatic carbocycles. The van der Waals surface area contributed by atoms with Crippen molar-refractivity contribution in [1.82, 2.24) is 5.32 Å². The average Bonchev–Trinajstić information content (AvgIpc) is 2.53. The van der Waals surface area contributed by atoms with Crippen molar-refractivity contribution in [3.63, 3.8) is 0 Å². The van der Waals surface area contributed by atoms with Crippen LogP contribution in [0, 0.1) is 13.8 Å². The SMILES string of the molecule is Cc1cc(C(CN)NCCCO)c(C)s1. The second-order valence-electron chi connectivity index (χ2n) is 3.69. The van der Waals surface area contributed by atoms with Gasteiger partial charge in [-0.15, -0.1) is 11.3 Å². The van der Waals surface area contributed by atoms with Crippen LogP contribution in [0.15, 0.2) is 6.07 Å². The highest BCUT2D eigenvalue weighted by Crippen LogP contribution is 2.25. The standard InChI is InChI=1S/C11H20N2OS/c1-8-6-10(9(2)15-8)11(7-12)13-4-3-5-14/h6,11,13-14H,3-5,7,12H2,1-2H3. The van der Waals surface area contributed by atoms with Gasteiger partial charge in [0.1, 0.15) is 0 Å². The summed E-state index contributed by atoms with van der Waals surface area (Å²) < 4.78 is 0. The molecule has 1 heterocycles. The molecule has 0 aliphatic rings. The van der Waals surface area contributed by atoms with Crippen molar-refractivity contribution in [3.8, 4) is 0 Å². The molecule has 0 spiro atoms. The molecule has 0 fully saturated rings. The van der Waals surface area contributed by atoms with Gasteiger partial charge >= 0.3 is 0 Å². The Bertz CT molecular complexity index is 299. The Labute approximate surface area is 95.3 Å². The van der Waals surface area contributed by atoms with Crippen LogP contribution in [0.3, 0.4) is 0 Å². The summed E-state index contributed by atoms with van der Waals surface area (Å²) in [7, 11) is 0. The van der Waals surface area contributed by atoms with Crippen LogP contribution in [0.2, 0.25) is 0 Å². The minimum absolute atomic E-state index is 0.224. The number of rotatable bonds is 6. The third-order valence-electron chi connectivity index (χ3n) is 2.42. The van der Waals surface area contributed by atoms with E-state index in [4.69, 9.17) is 10.8 Å². The van der Waals surface area contributed by atoms with E-state index in [1.165, 1.54) is 15.3 Å². The molecule has 0 saturated heterocycles. The molecular weight excluding hydrogens is 208 g/mol. The molecule has 1 aromatic rings. The van der Waals surface area contributed by atoms with Crippen molar-refractivity contribution in [2.75, 3.05) is 19.7 Å².